The largest absolute Gasteiger partial charge is 0.367 e. The minimum absolute atomic E-state index is 0.558. The first kappa shape index (κ1) is 9.22. The van der Waals surface area contributed by atoms with E-state index in [1.807, 2.05) is 6.92 Å². The fraction of sp³-hybridized carbons (Fsp3) is 0.429. The maximum Gasteiger partial charge on any atom is 0.169 e. The summed E-state index contributed by atoms with van der Waals surface area (Å²) in [5.41, 5.74) is 6.11. The van der Waals surface area contributed by atoms with Gasteiger partial charge in [0, 0.05) is 24.6 Å². The molecule has 0 amide bonds. The molecular formula is C7H10N6S. The van der Waals surface area contributed by atoms with E-state index in [1.54, 1.807) is 0 Å². The lowest BCUT2D eigenvalue weighted by Gasteiger charge is -2.03. The normalized spacial score (nSPS) is 10.7. The summed E-state index contributed by atoms with van der Waals surface area (Å²) >= 11 is 1.27. The highest BCUT2D eigenvalue weighted by atomic mass is 32.1. The zero-order chi connectivity index (χ0) is 9.97. The van der Waals surface area contributed by atoms with Gasteiger partial charge in [-0.25, -0.2) is 9.97 Å². The third-order valence-electron chi connectivity index (χ3n) is 1.67. The quantitative estimate of drug-likeness (QED) is 0.750. The van der Waals surface area contributed by atoms with E-state index in [0.717, 1.165) is 4.83 Å². The molecule has 7 heteroatoms. The van der Waals surface area contributed by atoms with Gasteiger partial charge in [0.15, 0.2) is 16.2 Å². The Kier molecular flexibility index (Phi) is 2.51. The van der Waals surface area contributed by atoms with E-state index in [1.165, 1.54) is 11.5 Å². The minimum Gasteiger partial charge on any atom is -0.367 e. The van der Waals surface area contributed by atoms with Gasteiger partial charge in [-0.3, -0.25) is 0 Å². The molecule has 2 aromatic heterocycles. The Morgan fingerprint density at radius 3 is 3.07 bits per heavy atom. The molecule has 2 heterocycles. The first-order chi connectivity index (χ1) is 6.81. The lowest BCUT2D eigenvalue weighted by molar-refractivity contribution is 0.995. The van der Waals surface area contributed by atoms with Crippen molar-refractivity contribution < 1.29 is 0 Å². The summed E-state index contributed by atoms with van der Waals surface area (Å²) in [5.74, 6) is 1.43. The Labute approximate surface area is 84.7 Å². The molecule has 3 N–H and O–H groups in total. The number of nitrogens with zero attached hydrogens (tertiary/aromatic N) is 4. The molecule has 0 atom stereocenters. The highest BCUT2D eigenvalue weighted by Crippen LogP contribution is 2.19. The van der Waals surface area contributed by atoms with Gasteiger partial charge < -0.3 is 11.1 Å². The summed E-state index contributed by atoms with van der Waals surface area (Å²) in [6, 6.07) is 0. The van der Waals surface area contributed by atoms with Crippen LogP contribution in [0.3, 0.4) is 0 Å². The molecule has 0 aliphatic rings. The molecule has 2 aromatic rings. The van der Waals surface area contributed by atoms with E-state index in [4.69, 9.17) is 5.73 Å². The number of hydrogen-bond acceptors (Lipinski definition) is 7. The van der Waals surface area contributed by atoms with Crippen LogP contribution in [-0.2, 0) is 0 Å². The molecule has 14 heavy (non-hydrogen) atoms. The molecule has 0 bridgehead atoms. The van der Waals surface area contributed by atoms with Gasteiger partial charge in [-0.2, -0.15) is 0 Å². The third kappa shape index (κ3) is 1.64. The number of fused-ring (bicyclic) bond motifs is 1. The lowest BCUT2D eigenvalue weighted by atomic mass is 10.4. The number of nitrogens with one attached hydrogen (secondary N) is 1. The van der Waals surface area contributed by atoms with E-state index in [0.29, 0.717) is 30.2 Å². The van der Waals surface area contributed by atoms with Gasteiger partial charge in [0.2, 0.25) is 0 Å². The molecule has 0 saturated heterocycles. The van der Waals surface area contributed by atoms with Crippen LogP contribution < -0.4 is 11.1 Å². The second-order valence-corrected chi connectivity index (χ2v) is 3.49. The number of aromatic nitrogens is 4. The van der Waals surface area contributed by atoms with Crippen molar-refractivity contribution >= 4 is 27.7 Å². The van der Waals surface area contributed by atoms with Gasteiger partial charge >= 0.3 is 0 Å². The fourth-order valence-electron chi connectivity index (χ4n) is 1.11. The predicted octanol–water partition coefficient (Wildman–Crippen LogP) is 0.160. The first-order valence-electron chi connectivity index (χ1n) is 4.22. The number of rotatable bonds is 3. The molecule has 0 unspecified atom stereocenters. The van der Waals surface area contributed by atoms with Crippen LogP contribution in [0, 0.1) is 6.92 Å². The molecule has 0 aromatic carbocycles. The van der Waals surface area contributed by atoms with Gasteiger partial charge in [0.05, 0.1) is 0 Å². The van der Waals surface area contributed by atoms with Crippen molar-refractivity contribution in [2.45, 2.75) is 6.92 Å². The molecule has 0 radical (unpaired) electrons. The van der Waals surface area contributed by atoms with Crippen LogP contribution in [0.5, 0.6) is 0 Å². The van der Waals surface area contributed by atoms with Gasteiger partial charge in [-0.1, -0.05) is 4.49 Å². The van der Waals surface area contributed by atoms with Crippen molar-refractivity contribution in [3.8, 4) is 0 Å². The Balaban J connectivity index is 2.44. The Hall–Kier alpha value is -1.34. The van der Waals surface area contributed by atoms with E-state index in [9.17, 15) is 0 Å². The highest BCUT2D eigenvalue weighted by molar-refractivity contribution is 7.12. The van der Waals surface area contributed by atoms with Crippen LogP contribution in [0.2, 0.25) is 0 Å². The van der Waals surface area contributed by atoms with Crippen molar-refractivity contribution in [1.82, 2.24) is 19.6 Å². The average molecular weight is 210 g/mol. The second-order valence-electron chi connectivity index (χ2n) is 2.76. The van der Waals surface area contributed by atoms with Crippen LogP contribution in [0.25, 0.3) is 10.3 Å². The van der Waals surface area contributed by atoms with Crippen LogP contribution in [0.1, 0.15) is 5.82 Å². The maximum atomic E-state index is 5.39. The molecule has 0 aliphatic carbocycles. The van der Waals surface area contributed by atoms with Crippen LogP contribution in [0.15, 0.2) is 0 Å². The Bertz CT molecular complexity index is 439. The summed E-state index contributed by atoms with van der Waals surface area (Å²) in [4.78, 5) is 9.26. The highest BCUT2D eigenvalue weighted by Gasteiger charge is 2.08. The number of anilines is 1. The lowest BCUT2D eigenvalue weighted by Crippen LogP contribution is -2.14. The standard InChI is InChI=1S/C7H10N6S/c1-4-10-6(9-3-2-8)5-7(11-4)14-13-12-5/h2-3,8H2,1H3,(H,9,10,11). The second kappa shape index (κ2) is 3.81. The van der Waals surface area contributed by atoms with Crippen molar-refractivity contribution in [3.63, 3.8) is 0 Å². The van der Waals surface area contributed by atoms with Crippen molar-refractivity contribution in [2.24, 2.45) is 5.73 Å². The molecule has 0 aliphatic heterocycles. The fourth-order valence-corrected chi connectivity index (χ4v) is 1.71. The van der Waals surface area contributed by atoms with E-state index < -0.39 is 0 Å². The number of nitrogens with two attached hydrogens (primary N) is 1. The van der Waals surface area contributed by atoms with Crippen LogP contribution in [0.4, 0.5) is 5.82 Å². The van der Waals surface area contributed by atoms with E-state index in [2.05, 4.69) is 24.9 Å². The third-order valence-corrected chi connectivity index (χ3v) is 2.29. The van der Waals surface area contributed by atoms with Crippen LogP contribution in [-0.4, -0.2) is 32.6 Å². The number of aryl methyl sites for hydroxylation is 1. The summed E-state index contributed by atoms with van der Waals surface area (Å²) in [6.07, 6.45) is 0. The monoisotopic (exact) mass is 210 g/mol. The SMILES string of the molecule is Cc1nc(NCCN)c2nnsc2n1. The molecule has 0 spiro atoms. The average Bonchev–Trinajstić information content (AvgIpc) is 2.61. The van der Waals surface area contributed by atoms with Crippen molar-refractivity contribution in [1.29, 1.82) is 0 Å². The van der Waals surface area contributed by atoms with Gasteiger partial charge in [0.1, 0.15) is 5.82 Å². The zero-order valence-electron chi connectivity index (χ0n) is 7.69. The smallest absolute Gasteiger partial charge is 0.169 e. The Morgan fingerprint density at radius 1 is 1.43 bits per heavy atom. The van der Waals surface area contributed by atoms with E-state index in [-0.39, 0.29) is 0 Å². The molecular weight excluding hydrogens is 200 g/mol. The molecule has 2 rings (SSSR count). The molecule has 74 valence electrons. The van der Waals surface area contributed by atoms with Gasteiger partial charge in [-0.15, -0.1) is 5.10 Å². The zero-order valence-corrected chi connectivity index (χ0v) is 8.51. The predicted molar refractivity (Wildman–Crippen MR) is 55.3 cm³/mol. The van der Waals surface area contributed by atoms with Crippen molar-refractivity contribution in [2.75, 3.05) is 18.4 Å². The Morgan fingerprint density at radius 2 is 2.29 bits per heavy atom. The molecule has 0 saturated carbocycles. The van der Waals surface area contributed by atoms with Gasteiger partial charge in [-0.05, 0) is 6.92 Å². The van der Waals surface area contributed by atoms with Crippen LogP contribution >= 0.6 is 11.5 Å². The minimum atomic E-state index is 0.558. The molecule has 6 nitrogen and oxygen atoms in total. The topological polar surface area (TPSA) is 89.6 Å². The van der Waals surface area contributed by atoms with E-state index >= 15 is 0 Å². The summed E-state index contributed by atoms with van der Waals surface area (Å²) in [5, 5.41) is 7.05. The summed E-state index contributed by atoms with van der Waals surface area (Å²) in [6.45, 7) is 3.07. The number of hydrogen-bond donors (Lipinski definition) is 2. The van der Waals surface area contributed by atoms with Crippen molar-refractivity contribution in [3.05, 3.63) is 5.82 Å². The first-order valence-corrected chi connectivity index (χ1v) is 4.99. The van der Waals surface area contributed by atoms with Gasteiger partial charge in [0.25, 0.3) is 0 Å². The summed E-state index contributed by atoms with van der Waals surface area (Å²) in [7, 11) is 0. The molecule has 0 fully saturated rings. The summed E-state index contributed by atoms with van der Waals surface area (Å²) < 4.78 is 3.83. The maximum absolute atomic E-state index is 5.39.